The highest BCUT2D eigenvalue weighted by Crippen LogP contribution is 2.30. The number of benzene rings is 3. The van der Waals surface area contributed by atoms with E-state index in [1.807, 2.05) is 42.5 Å². The van der Waals surface area contributed by atoms with Gasteiger partial charge in [0.05, 0.1) is 11.2 Å². The van der Waals surface area contributed by atoms with Gasteiger partial charge in [-0.05, 0) is 37.3 Å². The summed E-state index contributed by atoms with van der Waals surface area (Å²) in [5.74, 6) is 0.595. The highest BCUT2D eigenvalue weighted by atomic mass is 79.9. The molecule has 4 heteroatoms. The second-order valence-electron chi connectivity index (χ2n) is 5.91. The standard InChI is InChI=1S/C21H16BrN3/c1-14-7-10-17(11-8-14)23-21-24-19-12-9-16(22)13-18(19)20(25-21)15-5-3-2-4-6-15/h2-13H,1H3,(H,23,24,25). The molecule has 0 aliphatic carbocycles. The first-order valence-corrected chi connectivity index (χ1v) is 8.85. The molecule has 25 heavy (non-hydrogen) atoms. The van der Waals surface area contributed by atoms with E-state index < -0.39 is 0 Å². The second-order valence-corrected chi connectivity index (χ2v) is 6.83. The van der Waals surface area contributed by atoms with Gasteiger partial charge < -0.3 is 5.32 Å². The molecule has 0 saturated heterocycles. The van der Waals surface area contributed by atoms with Crippen LogP contribution in [0.15, 0.2) is 77.3 Å². The maximum absolute atomic E-state index is 4.79. The first kappa shape index (κ1) is 15.8. The zero-order valence-electron chi connectivity index (χ0n) is 13.7. The summed E-state index contributed by atoms with van der Waals surface area (Å²) in [5, 5.41) is 4.34. The lowest BCUT2D eigenvalue weighted by atomic mass is 10.1. The molecule has 0 atom stereocenters. The van der Waals surface area contributed by atoms with Gasteiger partial charge in [0.25, 0.3) is 0 Å². The molecule has 4 aromatic rings. The molecule has 4 rings (SSSR count). The predicted octanol–water partition coefficient (Wildman–Crippen LogP) is 6.11. The molecule has 1 aromatic heterocycles. The van der Waals surface area contributed by atoms with Gasteiger partial charge in [-0.15, -0.1) is 0 Å². The molecule has 3 nitrogen and oxygen atoms in total. The van der Waals surface area contributed by atoms with Crippen molar-refractivity contribution in [2.24, 2.45) is 0 Å². The fourth-order valence-electron chi connectivity index (χ4n) is 2.74. The summed E-state index contributed by atoms with van der Waals surface area (Å²) in [7, 11) is 0. The van der Waals surface area contributed by atoms with Gasteiger partial charge in [-0.3, -0.25) is 0 Å². The van der Waals surface area contributed by atoms with Crippen LogP contribution in [0.3, 0.4) is 0 Å². The Morgan fingerprint density at radius 2 is 1.60 bits per heavy atom. The van der Waals surface area contributed by atoms with E-state index in [1.54, 1.807) is 0 Å². The van der Waals surface area contributed by atoms with Crippen molar-refractivity contribution in [3.05, 3.63) is 82.8 Å². The van der Waals surface area contributed by atoms with Crippen LogP contribution in [0.2, 0.25) is 0 Å². The first-order chi connectivity index (χ1) is 12.2. The number of aryl methyl sites for hydroxylation is 1. The SMILES string of the molecule is Cc1ccc(Nc2nc(-c3ccccc3)c3cc(Br)ccc3n2)cc1. The molecule has 0 aliphatic heterocycles. The van der Waals surface area contributed by atoms with Gasteiger partial charge in [0.15, 0.2) is 0 Å². The number of rotatable bonds is 3. The molecular formula is C21H16BrN3. The third-order valence-electron chi connectivity index (χ3n) is 4.01. The summed E-state index contributed by atoms with van der Waals surface area (Å²) in [6, 6.07) is 24.5. The van der Waals surface area contributed by atoms with Crippen LogP contribution in [0, 0.1) is 6.92 Å². The van der Waals surface area contributed by atoms with Crippen LogP contribution in [-0.4, -0.2) is 9.97 Å². The van der Waals surface area contributed by atoms with Crippen LogP contribution < -0.4 is 5.32 Å². The quantitative estimate of drug-likeness (QED) is 0.459. The normalized spacial score (nSPS) is 10.8. The predicted molar refractivity (Wildman–Crippen MR) is 107 cm³/mol. The molecule has 0 radical (unpaired) electrons. The Morgan fingerprint density at radius 3 is 2.36 bits per heavy atom. The van der Waals surface area contributed by atoms with Crippen molar-refractivity contribution in [2.45, 2.75) is 6.92 Å². The van der Waals surface area contributed by atoms with Gasteiger partial charge in [0.2, 0.25) is 5.95 Å². The van der Waals surface area contributed by atoms with E-state index in [-0.39, 0.29) is 0 Å². The van der Waals surface area contributed by atoms with E-state index in [0.717, 1.165) is 32.3 Å². The van der Waals surface area contributed by atoms with Crippen LogP contribution in [0.5, 0.6) is 0 Å². The van der Waals surface area contributed by atoms with Gasteiger partial charge in [-0.25, -0.2) is 9.97 Å². The number of hydrogen-bond acceptors (Lipinski definition) is 3. The maximum atomic E-state index is 4.79. The summed E-state index contributed by atoms with van der Waals surface area (Å²) in [6.45, 7) is 2.07. The Balaban J connectivity index is 1.86. The molecule has 122 valence electrons. The lowest BCUT2D eigenvalue weighted by molar-refractivity contribution is 1.21. The average molecular weight is 390 g/mol. The zero-order valence-corrected chi connectivity index (χ0v) is 15.3. The summed E-state index contributed by atoms with van der Waals surface area (Å²) >= 11 is 3.55. The van der Waals surface area contributed by atoms with Gasteiger partial charge in [0, 0.05) is 21.1 Å². The van der Waals surface area contributed by atoms with Crippen LogP contribution in [0.1, 0.15) is 5.56 Å². The summed E-state index contributed by atoms with van der Waals surface area (Å²) in [4.78, 5) is 9.46. The summed E-state index contributed by atoms with van der Waals surface area (Å²) in [6.07, 6.45) is 0. The van der Waals surface area contributed by atoms with Gasteiger partial charge in [-0.2, -0.15) is 0 Å². The fourth-order valence-corrected chi connectivity index (χ4v) is 3.10. The van der Waals surface area contributed by atoms with Crippen molar-refractivity contribution in [3.63, 3.8) is 0 Å². The van der Waals surface area contributed by atoms with Crippen molar-refractivity contribution < 1.29 is 0 Å². The number of nitrogens with zero attached hydrogens (tertiary/aromatic N) is 2. The number of nitrogens with one attached hydrogen (secondary N) is 1. The Hall–Kier alpha value is -2.72. The van der Waals surface area contributed by atoms with Crippen molar-refractivity contribution in [2.75, 3.05) is 5.32 Å². The van der Waals surface area contributed by atoms with E-state index in [1.165, 1.54) is 5.56 Å². The summed E-state index contributed by atoms with van der Waals surface area (Å²) < 4.78 is 1.01. The molecule has 3 aromatic carbocycles. The Bertz CT molecular complexity index is 1030. The number of fused-ring (bicyclic) bond motifs is 1. The highest BCUT2D eigenvalue weighted by Gasteiger charge is 2.10. The second kappa shape index (κ2) is 6.65. The zero-order chi connectivity index (χ0) is 17.2. The molecule has 0 aliphatic rings. The molecule has 0 amide bonds. The molecule has 0 fully saturated rings. The van der Waals surface area contributed by atoms with E-state index in [9.17, 15) is 0 Å². The minimum atomic E-state index is 0.595. The van der Waals surface area contributed by atoms with Crippen molar-refractivity contribution >= 4 is 38.5 Å². The topological polar surface area (TPSA) is 37.8 Å². The van der Waals surface area contributed by atoms with E-state index in [4.69, 9.17) is 4.98 Å². The van der Waals surface area contributed by atoms with Gasteiger partial charge in [-0.1, -0.05) is 64.0 Å². The third-order valence-corrected chi connectivity index (χ3v) is 4.51. The molecule has 1 heterocycles. The third kappa shape index (κ3) is 3.39. The molecular weight excluding hydrogens is 374 g/mol. The number of halogens is 1. The van der Waals surface area contributed by atoms with Crippen LogP contribution in [0.25, 0.3) is 22.2 Å². The van der Waals surface area contributed by atoms with Gasteiger partial charge >= 0.3 is 0 Å². The lowest BCUT2D eigenvalue weighted by Gasteiger charge is -2.11. The first-order valence-electron chi connectivity index (χ1n) is 8.05. The van der Waals surface area contributed by atoms with Crippen LogP contribution in [0.4, 0.5) is 11.6 Å². The Morgan fingerprint density at radius 1 is 0.840 bits per heavy atom. The largest absolute Gasteiger partial charge is 0.324 e. The monoisotopic (exact) mass is 389 g/mol. The molecule has 0 saturated carbocycles. The summed E-state index contributed by atoms with van der Waals surface area (Å²) in [5.41, 5.74) is 5.09. The maximum Gasteiger partial charge on any atom is 0.228 e. The van der Waals surface area contributed by atoms with Crippen molar-refractivity contribution in [1.82, 2.24) is 9.97 Å². The van der Waals surface area contributed by atoms with E-state index >= 15 is 0 Å². The lowest BCUT2D eigenvalue weighted by Crippen LogP contribution is -2.00. The Kier molecular flexibility index (Phi) is 4.20. The highest BCUT2D eigenvalue weighted by molar-refractivity contribution is 9.10. The Labute approximate surface area is 154 Å². The van der Waals surface area contributed by atoms with Gasteiger partial charge in [0.1, 0.15) is 0 Å². The number of anilines is 2. The van der Waals surface area contributed by atoms with Crippen LogP contribution in [-0.2, 0) is 0 Å². The minimum absolute atomic E-state index is 0.595. The molecule has 0 bridgehead atoms. The number of aromatic nitrogens is 2. The number of hydrogen-bond donors (Lipinski definition) is 1. The molecule has 0 unspecified atom stereocenters. The minimum Gasteiger partial charge on any atom is -0.324 e. The van der Waals surface area contributed by atoms with Crippen molar-refractivity contribution in [1.29, 1.82) is 0 Å². The molecule has 0 spiro atoms. The fraction of sp³-hybridized carbons (Fsp3) is 0.0476. The van der Waals surface area contributed by atoms with E-state index in [0.29, 0.717) is 5.95 Å². The smallest absolute Gasteiger partial charge is 0.228 e. The average Bonchev–Trinajstić information content (AvgIpc) is 2.64. The van der Waals surface area contributed by atoms with Crippen molar-refractivity contribution in [3.8, 4) is 11.3 Å². The molecule has 1 N–H and O–H groups in total. The van der Waals surface area contributed by atoms with Crippen LogP contribution >= 0.6 is 15.9 Å². The van der Waals surface area contributed by atoms with E-state index in [2.05, 4.69) is 63.5 Å².